The third-order valence-corrected chi connectivity index (χ3v) is 5.46. The van der Waals surface area contributed by atoms with Crippen LogP contribution in [0.25, 0.3) is 0 Å². The highest BCUT2D eigenvalue weighted by molar-refractivity contribution is 7.91. The molecular weight excluding hydrogens is 298 g/mol. The van der Waals surface area contributed by atoms with Gasteiger partial charge in [0.2, 0.25) is 6.79 Å². The van der Waals surface area contributed by atoms with Gasteiger partial charge in [0, 0.05) is 12.2 Å². The second kappa shape index (κ2) is 4.11. The molecule has 0 spiro atoms. The van der Waals surface area contributed by atoms with E-state index in [0.29, 0.717) is 17.1 Å². The van der Waals surface area contributed by atoms with E-state index in [0.717, 1.165) is 6.26 Å². The number of carboxylic acid groups (broad SMARTS) is 1. The van der Waals surface area contributed by atoms with Crippen LogP contribution in [0.15, 0.2) is 18.2 Å². The van der Waals surface area contributed by atoms with Crippen LogP contribution < -0.4 is 9.47 Å². The Balaban J connectivity index is 2.09. The largest absolute Gasteiger partial charge is 0.480 e. The maximum Gasteiger partial charge on any atom is 0.326 e. The van der Waals surface area contributed by atoms with Gasteiger partial charge in [-0.3, -0.25) is 4.79 Å². The van der Waals surface area contributed by atoms with Gasteiger partial charge in [-0.05, 0) is 17.7 Å². The van der Waals surface area contributed by atoms with Crippen molar-refractivity contribution in [1.82, 2.24) is 0 Å². The summed E-state index contributed by atoms with van der Waals surface area (Å²) in [5.41, 5.74) is -1.50. The Morgan fingerprint density at radius 2 is 2.10 bits per heavy atom. The number of hydrogen-bond donors (Lipinski definition) is 1. The number of benzene rings is 1. The number of carboxylic acids is 1. The zero-order valence-electron chi connectivity index (χ0n) is 10.9. The first-order chi connectivity index (χ1) is 9.82. The Hall–Kier alpha value is -2.27. The number of carbonyl (C=O) groups is 1. The minimum Gasteiger partial charge on any atom is -0.480 e. The molecule has 3 atom stereocenters. The third kappa shape index (κ3) is 1.77. The molecule has 1 aliphatic carbocycles. The van der Waals surface area contributed by atoms with E-state index in [9.17, 15) is 23.6 Å². The lowest BCUT2D eigenvalue weighted by molar-refractivity contribution is -0.141. The average molecular weight is 309 g/mol. The first kappa shape index (κ1) is 13.7. The molecule has 0 radical (unpaired) electrons. The molecule has 110 valence electrons. The average Bonchev–Trinajstić information content (AvgIpc) is 2.92. The van der Waals surface area contributed by atoms with Gasteiger partial charge in [-0.2, -0.15) is 5.26 Å². The van der Waals surface area contributed by atoms with Gasteiger partial charge in [-0.15, -0.1) is 0 Å². The summed E-state index contributed by atoms with van der Waals surface area (Å²) in [7, 11) is -3.68. The van der Waals surface area contributed by atoms with E-state index in [4.69, 9.17) is 9.47 Å². The highest BCUT2D eigenvalue weighted by atomic mass is 32.2. The fourth-order valence-electron chi connectivity index (χ4n) is 2.92. The van der Waals surface area contributed by atoms with E-state index >= 15 is 0 Å². The highest BCUT2D eigenvalue weighted by Gasteiger charge is 2.76. The van der Waals surface area contributed by atoms with Gasteiger partial charge in [0.05, 0.1) is 6.07 Å². The normalized spacial score (nSPS) is 29.7. The minimum atomic E-state index is -3.68. The van der Waals surface area contributed by atoms with Crippen LogP contribution in [-0.4, -0.2) is 37.8 Å². The van der Waals surface area contributed by atoms with Gasteiger partial charge < -0.3 is 14.6 Å². The molecule has 1 aromatic carbocycles. The number of hydrogen-bond acceptors (Lipinski definition) is 6. The summed E-state index contributed by atoms with van der Waals surface area (Å²) in [4.78, 5) is 11.4. The molecule has 1 N–H and O–H groups in total. The lowest BCUT2D eigenvalue weighted by atomic mass is 10.0. The second-order valence-corrected chi connectivity index (χ2v) is 7.29. The van der Waals surface area contributed by atoms with Crippen LogP contribution in [-0.2, 0) is 14.6 Å². The van der Waals surface area contributed by atoms with E-state index in [1.165, 1.54) is 6.07 Å². The van der Waals surface area contributed by atoms with Crippen LogP contribution in [0, 0.1) is 16.7 Å². The Labute approximate surface area is 120 Å². The number of rotatable bonds is 3. The molecule has 0 unspecified atom stereocenters. The lowest BCUT2D eigenvalue weighted by Crippen LogP contribution is -2.21. The molecule has 1 aromatic rings. The quantitative estimate of drug-likeness (QED) is 0.865. The van der Waals surface area contributed by atoms with E-state index in [1.54, 1.807) is 18.2 Å². The molecule has 2 aliphatic rings. The predicted molar refractivity (Wildman–Crippen MR) is 69.6 cm³/mol. The van der Waals surface area contributed by atoms with Gasteiger partial charge in [-0.25, -0.2) is 8.42 Å². The molecule has 21 heavy (non-hydrogen) atoms. The molecule has 1 heterocycles. The second-order valence-electron chi connectivity index (χ2n) is 5.13. The van der Waals surface area contributed by atoms with Gasteiger partial charge in [-0.1, -0.05) is 6.07 Å². The molecule has 1 aliphatic heterocycles. The minimum absolute atomic E-state index is 0.0568. The fourth-order valence-corrected chi connectivity index (χ4v) is 4.68. The summed E-state index contributed by atoms with van der Waals surface area (Å²) in [6.45, 7) is 0.0568. The number of sulfone groups is 1. The first-order valence-electron chi connectivity index (χ1n) is 6.05. The van der Waals surface area contributed by atoms with Gasteiger partial charge in [0.25, 0.3) is 0 Å². The Kier molecular flexibility index (Phi) is 2.68. The van der Waals surface area contributed by atoms with Crippen molar-refractivity contribution in [2.45, 2.75) is 11.2 Å². The number of nitriles is 1. The van der Waals surface area contributed by atoms with E-state index in [2.05, 4.69) is 0 Å². The Bertz CT molecular complexity index is 780. The zero-order valence-corrected chi connectivity index (χ0v) is 11.8. The van der Waals surface area contributed by atoms with Crippen molar-refractivity contribution in [2.24, 2.45) is 5.41 Å². The van der Waals surface area contributed by atoms with Crippen molar-refractivity contribution >= 4 is 15.8 Å². The summed E-state index contributed by atoms with van der Waals surface area (Å²) >= 11 is 0. The molecular formula is C13H11NO6S. The number of nitrogens with zero attached hydrogens (tertiary/aromatic N) is 1. The molecule has 7 nitrogen and oxygen atoms in total. The monoisotopic (exact) mass is 309 g/mol. The van der Waals surface area contributed by atoms with Crippen LogP contribution >= 0.6 is 0 Å². The zero-order chi connectivity index (χ0) is 15.4. The third-order valence-electron chi connectivity index (χ3n) is 3.89. The van der Waals surface area contributed by atoms with E-state index in [1.807, 2.05) is 0 Å². The summed E-state index contributed by atoms with van der Waals surface area (Å²) in [5.74, 6) is -1.41. The number of ether oxygens (including phenoxy) is 2. The molecule has 0 aromatic heterocycles. The summed E-state index contributed by atoms with van der Waals surface area (Å²) in [6, 6.07) is 6.36. The topological polar surface area (TPSA) is 114 Å². The molecule has 0 saturated heterocycles. The molecule has 3 rings (SSSR count). The van der Waals surface area contributed by atoms with E-state index < -0.39 is 32.4 Å². The fraction of sp³-hybridized carbons (Fsp3) is 0.385. The Morgan fingerprint density at radius 1 is 1.43 bits per heavy atom. The summed E-state index contributed by atoms with van der Waals surface area (Å²) in [5, 5.41) is 17.3. The van der Waals surface area contributed by atoms with Gasteiger partial charge >= 0.3 is 5.97 Å². The maximum absolute atomic E-state index is 11.8. The van der Waals surface area contributed by atoms with E-state index in [-0.39, 0.29) is 6.79 Å². The molecule has 0 amide bonds. The van der Waals surface area contributed by atoms with Crippen molar-refractivity contribution in [3.63, 3.8) is 0 Å². The smallest absolute Gasteiger partial charge is 0.326 e. The molecule has 0 bridgehead atoms. The maximum atomic E-state index is 11.8. The van der Waals surface area contributed by atoms with Gasteiger partial charge in [0.1, 0.15) is 5.25 Å². The summed E-state index contributed by atoms with van der Waals surface area (Å²) in [6.07, 6.45) is 0.944. The highest BCUT2D eigenvalue weighted by Crippen LogP contribution is 2.63. The van der Waals surface area contributed by atoms with Crippen LogP contribution in [0.4, 0.5) is 0 Å². The predicted octanol–water partition coefficient (Wildman–Crippen LogP) is 0.520. The van der Waals surface area contributed by atoms with Crippen LogP contribution in [0.3, 0.4) is 0 Å². The SMILES string of the molecule is CS(=O)(=O)[C@@H]1[C@@H](c2ccc3c(c2)OCO3)[C@]1(C#N)C(=O)O. The molecule has 1 saturated carbocycles. The number of aliphatic carboxylic acids is 1. The molecule has 8 heteroatoms. The number of fused-ring (bicyclic) bond motifs is 1. The van der Waals surface area contributed by atoms with Gasteiger partial charge in [0.15, 0.2) is 26.8 Å². The van der Waals surface area contributed by atoms with Crippen molar-refractivity contribution < 1.29 is 27.8 Å². The standard InChI is InChI=1S/C13H11NO6S/c1-21(17,18)11-10(13(11,5-14)12(15)16)7-2-3-8-9(4-7)20-6-19-8/h2-4,10-11H,6H2,1H3,(H,15,16)/t10-,11-,13+/m1/s1. The van der Waals surface area contributed by atoms with Crippen LogP contribution in [0.1, 0.15) is 11.5 Å². The van der Waals surface area contributed by atoms with Crippen LogP contribution in [0.5, 0.6) is 11.5 Å². The van der Waals surface area contributed by atoms with Crippen molar-refractivity contribution in [3.05, 3.63) is 23.8 Å². The van der Waals surface area contributed by atoms with Crippen molar-refractivity contribution in [3.8, 4) is 17.6 Å². The van der Waals surface area contributed by atoms with Crippen LogP contribution in [0.2, 0.25) is 0 Å². The van der Waals surface area contributed by atoms with Crippen molar-refractivity contribution in [1.29, 1.82) is 5.26 Å². The Morgan fingerprint density at radius 3 is 2.62 bits per heavy atom. The molecule has 1 fully saturated rings. The lowest BCUT2D eigenvalue weighted by Gasteiger charge is -2.03. The van der Waals surface area contributed by atoms with Crippen molar-refractivity contribution in [2.75, 3.05) is 13.0 Å². The first-order valence-corrected chi connectivity index (χ1v) is 8.01. The summed E-state index contributed by atoms with van der Waals surface area (Å²) < 4.78 is 34.0.